The van der Waals surface area contributed by atoms with Crippen molar-refractivity contribution in [1.29, 1.82) is 0 Å². The van der Waals surface area contributed by atoms with Gasteiger partial charge in [-0.25, -0.2) is 0 Å². The van der Waals surface area contributed by atoms with Crippen molar-refractivity contribution in [1.82, 2.24) is 4.90 Å². The van der Waals surface area contributed by atoms with Gasteiger partial charge >= 0.3 is 0 Å². The van der Waals surface area contributed by atoms with E-state index in [1.807, 2.05) is 4.90 Å². The number of halogens is 1. The topological polar surface area (TPSA) is 46.3 Å². The Morgan fingerprint density at radius 2 is 2.31 bits per heavy atom. The van der Waals surface area contributed by atoms with Gasteiger partial charge in [-0.2, -0.15) is 0 Å². The molecule has 1 aliphatic rings. The molecule has 0 spiro atoms. The molecule has 1 fully saturated rings. The molecule has 0 bridgehead atoms. The zero-order chi connectivity index (χ0) is 11.7. The van der Waals surface area contributed by atoms with Gasteiger partial charge in [-0.3, -0.25) is 4.79 Å². The van der Waals surface area contributed by atoms with Crippen molar-refractivity contribution in [3.05, 3.63) is 28.8 Å². The molecule has 1 saturated heterocycles. The number of nitrogens with two attached hydrogens (primary N) is 1. The minimum absolute atomic E-state index is 0.0124. The predicted octanol–water partition coefficient (Wildman–Crippen LogP) is 2.40. The normalized spacial score (nSPS) is 20.1. The monoisotopic (exact) mass is 238 g/mol. The molecule has 3 nitrogen and oxygen atoms in total. The summed E-state index contributed by atoms with van der Waals surface area (Å²) in [5.74, 6) is 0.561. The number of nitrogen functional groups attached to an aromatic ring is 1. The Labute approximate surface area is 100 Å². The Morgan fingerprint density at radius 3 is 2.94 bits per heavy atom. The lowest BCUT2D eigenvalue weighted by Crippen LogP contribution is -2.28. The van der Waals surface area contributed by atoms with Crippen LogP contribution in [0.1, 0.15) is 23.7 Å². The molecule has 86 valence electrons. The van der Waals surface area contributed by atoms with Crippen LogP contribution in [0.15, 0.2) is 18.2 Å². The summed E-state index contributed by atoms with van der Waals surface area (Å²) in [6.07, 6.45) is 1.06. The van der Waals surface area contributed by atoms with E-state index in [-0.39, 0.29) is 5.91 Å². The molecule has 1 heterocycles. The molecule has 0 radical (unpaired) electrons. The number of rotatable bonds is 1. The molecule has 16 heavy (non-hydrogen) atoms. The summed E-state index contributed by atoms with van der Waals surface area (Å²) in [4.78, 5) is 14.0. The molecule has 1 aromatic carbocycles. The van der Waals surface area contributed by atoms with Crippen LogP contribution in [0.5, 0.6) is 0 Å². The molecule has 0 saturated carbocycles. The first kappa shape index (κ1) is 11.3. The maximum absolute atomic E-state index is 12.2. The Balaban J connectivity index is 2.23. The van der Waals surface area contributed by atoms with Crippen molar-refractivity contribution < 1.29 is 4.79 Å². The second-order valence-corrected chi connectivity index (χ2v) is 4.79. The zero-order valence-corrected chi connectivity index (χ0v) is 10.00. The number of benzene rings is 1. The second kappa shape index (κ2) is 4.34. The van der Waals surface area contributed by atoms with Gasteiger partial charge in [-0.05, 0) is 30.5 Å². The Hall–Kier alpha value is -1.22. The molecular weight excluding hydrogens is 224 g/mol. The van der Waals surface area contributed by atoms with E-state index < -0.39 is 0 Å². The van der Waals surface area contributed by atoms with E-state index in [0.717, 1.165) is 19.5 Å². The second-order valence-electron chi connectivity index (χ2n) is 4.38. The summed E-state index contributed by atoms with van der Waals surface area (Å²) >= 11 is 6.00. The van der Waals surface area contributed by atoms with Crippen LogP contribution in [0.25, 0.3) is 0 Å². The highest BCUT2D eigenvalue weighted by Crippen LogP contribution is 2.23. The van der Waals surface area contributed by atoms with Gasteiger partial charge < -0.3 is 10.6 Å². The van der Waals surface area contributed by atoms with Gasteiger partial charge in [0.05, 0.1) is 10.6 Å². The smallest absolute Gasteiger partial charge is 0.255 e. The van der Waals surface area contributed by atoms with E-state index in [4.69, 9.17) is 17.3 Å². The maximum Gasteiger partial charge on any atom is 0.255 e. The Bertz CT molecular complexity index is 419. The van der Waals surface area contributed by atoms with Crippen molar-refractivity contribution in [2.24, 2.45) is 5.92 Å². The van der Waals surface area contributed by atoms with Crippen molar-refractivity contribution in [3.63, 3.8) is 0 Å². The highest BCUT2D eigenvalue weighted by molar-refractivity contribution is 6.34. The molecule has 2 N–H and O–H groups in total. The van der Waals surface area contributed by atoms with Crippen LogP contribution < -0.4 is 5.73 Å². The molecule has 1 atom stereocenters. The van der Waals surface area contributed by atoms with E-state index in [1.165, 1.54) is 0 Å². The number of amides is 1. The van der Waals surface area contributed by atoms with Gasteiger partial charge in [0.15, 0.2) is 0 Å². The van der Waals surface area contributed by atoms with Crippen LogP contribution in [0.3, 0.4) is 0 Å². The summed E-state index contributed by atoms with van der Waals surface area (Å²) in [7, 11) is 0. The average Bonchev–Trinajstić information content (AvgIpc) is 2.67. The third kappa shape index (κ3) is 2.14. The standard InChI is InChI=1S/C12H15ClN2O/c1-8-4-5-15(7-8)12(16)10-6-9(14)2-3-11(10)13/h2-3,6,8H,4-5,7,14H2,1H3. The largest absolute Gasteiger partial charge is 0.399 e. The van der Waals surface area contributed by atoms with Crippen molar-refractivity contribution >= 4 is 23.2 Å². The van der Waals surface area contributed by atoms with Gasteiger partial charge in [0.2, 0.25) is 0 Å². The van der Waals surface area contributed by atoms with Crippen LogP contribution in [0.2, 0.25) is 5.02 Å². The summed E-state index contributed by atoms with van der Waals surface area (Å²) < 4.78 is 0. The van der Waals surface area contributed by atoms with E-state index in [1.54, 1.807) is 18.2 Å². The van der Waals surface area contributed by atoms with Crippen LogP contribution >= 0.6 is 11.6 Å². The molecule has 1 aliphatic heterocycles. The van der Waals surface area contributed by atoms with E-state index >= 15 is 0 Å². The predicted molar refractivity (Wildman–Crippen MR) is 65.5 cm³/mol. The third-order valence-corrected chi connectivity index (χ3v) is 3.26. The zero-order valence-electron chi connectivity index (χ0n) is 9.24. The highest BCUT2D eigenvalue weighted by Gasteiger charge is 2.25. The van der Waals surface area contributed by atoms with E-state index in [2.05, 4.69) is 6.92 Å². The molecule has 2 rings (SSSR count). The van der Waals surface area contributed by atoms with Gasteiger partial charge in [0.25, 0.3) is 5.91 Å². The minimum atomic E-state index is -0.0124. The van der Waals surface area contributed by atoms with Crippen molar-refractivity contribution in [2.45, 2.75) is 13.3 Å². The number of anilines is 1. The number of nitrogens with zero attached hydrogens (tertiary/aromatic N) is 1. The molecular formula is C12H15ClN2O. The summed E-state index contributed by atoms with van der Waals surface area (Å²) in [6, 6.07) is 5.02. The fraction of sp³-hybridized carbons (Fsp3) is 0.417. The van der Waals surface area contributed by atoms with Crippen LogP contribution in [0, 0.1) is 5.92 Å². The van der Waals surface area contributed by atoms with Crippen molar-refractivity contribution in [2.75, 3.05) is 18.8 Å². The van der Waals surface area contributed by atoms with Crippen LogP contribution in [-0.2, 0) is 0 Å². The Kier molecular flexibility index (Phi) is 3.06. The van der Waals surface area contributed by atoms with Crippen molar-refractivity contribution in [3.8, 4) is 0 Å². The summed E-state index contributed by atoms with van der Waals surface area (Å²) in [5.41, 5.74) is 6.74. The molecule has 0 aromatic heterocycles. The lowest BCUT2D eigenvalue weighted by atomic mass is 10.1. The minimum Gasteiger partial charge on any atom is -0.399 e. The number of carbonyl (C=O) groups excluding carboxylic acids is 1. The summed E-state index contributed by atoms with van der Waals surface area (Å²) in [6.45, 7) is 3.77. The summed E-state index contributed by atoms with van der Waals surface area (Å²) in [5, 5.41) is 0.471. The third-order valence-electron chi connectivity index (χ3n) is 2.93. The first-order valence-corrected chi connectivity index (χ1v) is 5.80. The first-order chi connectivity index (χ1) is 7.58. The van der Waals surface area contributed by atoms with Gasteiger partial charge in [0.1, 0.15) is 0 Å². The van der Waals surface area contributed by atoms with E-state index in [9.17, 15) is 4.79 Å². The van der Waals surface area contributed by atoms with E-state index in [0.29, 0.717) is 22.2 Å². The molecule has 1 amide bonds. The van der Waals surface area contributed by atoms with Gasteiger partial charge in [0, 0.05) is 18.8 Å². The number of hydrogen-bond donors (Lipinski definition) is 1. The van der Waals surface area contributed by atoms with Gasteiger partial charge in [-0.1, -0.05) is 18.5 Å². The molecule has 4 heteroatoms. The lowest BCUT2D eigenvalue weighted by molar-refractivity contribution is 0.0788. The lowest BCUT2D eigenvalue weighted by Gasteiger charge is -2.16. The SMILES string of the molecule is CC1CCN(C(=O)c2cc(N)ccc2Cl)C1. The molecule has 1 unspecified atom stereocenters. The first-order valence-electron chi connectivity index (χ1n) is 5.42. The Morgan fingerprint density at radius 1 is 1.56 bits per heavy atom. The quantitative estimate of drug-likeness (QED) is 0.764. The van der Waals surface area contributed by atoms with Crippen LogP contribution in [-0.4, -0.2) is 23.9 Å². The molecule has 0 aliphatic carbocycles. The fourth-order valence-electron chi connectivity index (χ4n) is 2.00. The molecule has 1 aromatic rings. The highest BCUT2D eigenvalue weighted by atomic mass is 35.5. The van der Waals surface area contributed by atoms with Crippen LogP contribution in [0.4, 0.5) is 5.69 Å². The number of carbonyl (C=O) groups is 1. The fourth-order valence-corrected chi connectivity index (χ4v) is 2.19. The van der Waals surface area contributed by atoms with Gasteiger partial charge in [-0.15, -0.1) is 0 Å². The average molecular weight is 239 g/mol. The number of hydrogen-bond acceptors (Lipinski definition) is 2. The maximum atomic E-state index is 12.2. The number of likely N-dealkylation sites (tertiary alicyclic amines) is 1.